The normalized spacial score (nSPS) is 12.3. The number of hydrogen-bond acceptors (Lipinski definition) is 2. The van der Waals surface area contributed by atoms with Gasteiger partial charge in [0.05, 0.1) is 6.10 Å². The van der Waals surface area contributed by atoms with Crippen molar-refractivity contribution >= 4 is 6.29 Å². The van der Waals surface area contributed by atoms with Gasteiger partial charge >= 0.3 is 0 Å². The maximum Gasteiger partial charge on any atom is 0.201 e. The summed E-state index contributed by atoms with van der Waals surface area (Å²) in [7, 11) is 0. The molecule has 1 N–H and O–H groups in total. The third kappa shape index (κ3) is 27.7. The van der Waals surface area contributed by atoms with Gasteiger partial charge in [-0.1, -0.05) is 167 Å². The van der Waals surface area contributed by atoms with Gasteiger partial charge in [-0.3, -0.25) is 4.79 Å². The Bertz CT molecular complexity index is 342. The van der Waals surface area contributed by atoms with Crippen molar-refractivity contribution in [1.29, 1.82) is 0 Å². The van der Waals surface area contributed by atoms with Crippen molar-refractivity contribution in [3.63, 3.8) is 0 Å². The molecule has 2 nitrogen and oxygen atoms in total. The average Bonchev–Trinajstić information content (AvgIpc) is 2.79. The fraction of sp³-hybridized carbons (Fsp3) is 0.967. The number of unbranched alkanes of at least 4 members (excludes halogenated alkanes) is 24. The molecule has 0 spiro atoms. The minimum absolute atomic E-state index is 0.180. The van der Waals surface area contributed by atoms with Crippen molar-refractivity contribution in [2.45, 2.75) is 186 Å². The van der Waals surface area contributed by atoms with E-state index in [0.29, 0.717) is 0 Å². The fourth-order valence-corrected chi connectivity index (χ4v) is 4.72. The lowest BCUT2D eigenvalue weighted by Crippen LogP contribution is -2.06. The van der Waals surface area contributed by atoms with E-state index in [0.717, 1.165) is 12.8 Å². The molecule has 191 valence electrons. The zero-order valence-electron chi connectivity index (χ0n) is 22.0. The zero-order chi connectivity index (χ0) is 23.4. The average molecular weight is 452 g/mol. The molecule has 1 unspecified atom stereocenters. The van der Waals surface area contributed by atoms with Gasteiger partial charge in [-0.2, -0.15) is 0 Å². The van der Waals surface area contributed by atoms with Crippen molar-refractivity contribution in [3.8, 4) is 0 Å². The van der Waals surface area contributed by atoms with Gasteiger partial charge in [-0.05, 0) is 6.42 Å². The summed E-state index contributed by atoms with van der Waals surface area (Å²) in [6, 6.07) is 0. The van der Waals surface area contributed by atoms with E-state index in [2.05, 4.69) is 6.92 Å². The molecule has 32 heavy (non-hydrogen) atoms. The first kappa shape index (κ1) is 31.6. The van der Waals surface area contributed by atoms with Crippen LogP contribution in [0.4, 0.5) is 0 Å². The Labute approximate surface area is 202 Å². The van der Waals surface area contributed by atoms with Gasteiger partial charge in [0, 0.05) is 6.42 Å². The van der Waals surface area contributed by atoms with Crippen LogP contribution in [-0.4, -0.2) is 17.5 Å². The van der Waals surface area contributed by atoms with E-state index >= 15 is 0 Å². The molecule has 0 heterocycles. The van der Waals surface area contributed by atoms with Crippen molar-refractivity contribution in [2.24, 2.45) is 0 Å². The van der Waals surface area contributed by atoms with Gasteiger partial charge < -0.3 is 5.11 Å². The molecule has 0 aromatic rings. The molecule has 1 atom stereocenters. The molecule has 0 aromatic carbocycles. The molecule has 0 saturated carbocycles. The van der Waals surface area contributed by atoms with Crippen molar-refractivity contribution in [1.82, 2.24) is 0 Å². The maximum atomic E-state index is 10.2. The van der Waals surface area contributed by atoms with Gasteiger partial charge in [-0.15, -0.1) is 0 Å². The highest BCUT2D eigenvalue weighted by Crippen LogP contribution is 2.16. The Hall–Kier alpha value is -0.370. The molecule has 0 rings (SSSR count). The molecule has 0 fully saturated rings. The van der Waals surface area contributed by atoms with Crippen LogP contribution in [0, 0.1) is 0 Å². The van der Waals surface area contributed by atoms with Gasteiger partial charge in [-0.25, -0.2) is 0 Å². The lowest BCUT2D eigenvalue weighted by Gasteiger charge is -2.06. The van der Waals surface area contributed by atoms with Crippen molar-refractivity contribution in [2.75, 3.05) is 0 Å². The lowest BCUT2D eigenvalue weighted by molar-refractivity contribution is 0.167. The maximum absolute atomic E-state index is 10.2. The van der Waals surface area contributed by atoms with Gasteiger partial charge in [0.2, 0.25) is 6.29 Å². The smallest absolute Gasteiger partial charge is 0.201 e. The van der Waals surface area contributed by atoms with Crippen LogP contribution in [0.3, 0.4) is 0 Å². The van der Waals surface area contributed by atoms with E-state index in [1.807, 2.05) is 0 Å². The third-order valence-electron chi connectivity index (χ3n) is 6.96. The van der Waals surface area contributed by atoms with Gasteiger partial charge in [0.1, 0.15) is 0 Å². The van der Waals surface area contributed by atoms with Crippen LogP contribution in [0.2, 0.25) is 0 Å². The largest absolute Gasteiger partial charge is 0.393 e. The van der Waals surface area contributed by atoms with Gasteiger partial charge in [0.25, 0.3) is 0 Å². The van der Waals surface area contributed by atoms with Crippen LogP contribution in [0.5, 0.6) is 0 Å². The number of aliphatic hydroxyl groups excluding tert-OH is 1. The SMILES string of the molecule is CCCCCCCCCCCCCCCCCCCCCCCCCCCC(O)C[C]=O. The first-order valence-corrected chi connectivity index (χ1v) is 14.8. The Morgan fingerprint density at radius 2 is 0.719 bits per heavy atom. The summed E-state index contributed by atoms with van der Waals surface area (Å²) in [5.41, 5.74) is 0. The van der Waals surface area contributed by atoms with Crippen LogP contribution < -0.4 is 0 Å². The number of carbonyl (C=O) groups excluding carboxylic acids is 1. The Morgan fingerprint density at radius 3 is 0.969 bits per heavy atom. The van der Waals surface area contributed by atoms with Crippen molar-refractivity contribution in [3.05, 3.63) is 0 Å². The molecular weight excluding hydrogens is 392 g/mol. The third-order valence-corrected chi connectivity index (χ3v) is 6.96. The second kappa shape index (κ2) is 28.7. The summed E-state index contributed by atoms with van der Waals surface area (Å²) in [4.78, 5) is 10.2. The second-order valence-electron chi connectivity index (χ2n) is 10.3. The lowest BCUT2D eigenvalue weighted by atomic mass is 10.0. The topological polar surface area (TPSA) is 37.3 Å². The highest BCUT2D eigenvalue weighted by Gasteiger charge is 2.02. The minimum Gasteiger partial charge on any atom is -0.393 e. The summed E-state index contributed by atoms with van der Waals surface area (Å²) in [5.74, 6) is 0. The molecule has 2 heteroatoms. The summed E-state index contributed by atoms with van der Waals surface area (Å²) >= 11 is 0. The fourth-order valence-electron chi connectivity index (χ4n) is 4.72. The van der Waals surface area contributed by atoms with Crippen LogP contribution in [0.1, 0.15) is 180 Å². The Kier molecular flexibility index (Phi) is 28.3. The molecular formula is C30H59O2. The molecule has 0 amide bonds. The minimum atomic E-state index is -0.461. The summed E-state index contributed by atoms with van der Waals surface area (Å²) in [5, 5.41) is 9.47. The van der Waals surface area contributed by atoms with E-state index < -0.39 is 6.10 Å². The van der Waals surface area contributed by atoms with Gasteiger partial charge in [0.15, 0.2) is 0 Å². The monoisotopic (exact) mass is 451 g/mol. The number of hydrogen-bond donors (Lipinski definition) is 1. The van der Waals surface area contributed by atoms with Crippen LogP contribution in [0.25, 0.3) is 0 Å². The predicted molar refractivity (Wildman–Crippen MR) is 142 cm³/mol. The highest BCUT2D eigenvalue weighted by atomic mass is 16.3. The summed E-state index contributed by atoms with van der Waals surface area (Å²) < 4.78 is 0. The molecule has 1 radical (unpaired) electrons. The van der Waals surface area contributed by atoms with Crippen LogP contribution in [0.15, 0.2) is 0 Å². The first-order chi connectivity index (χ1) is 15.8. The van der Waals surface area contributed by atoms with E-state index in [9.17, 15) is 9.90 Å². The van der Waals surface area contributed by atoms with E-state index in [1.165, 1.54) is 154 Å². The second-order valence-corrected chi connectivity index (χ2v) is 10.3. The number of aliphatic hydroxyl groups is 1. The zero-order valence-corrected chi connectivity index (χ0v) is 22.0. The van der Waals surface area contributed by atoms with Crippen LogP contribution >= 0.6 is 0 Å². The molecule has 0 aromatic heterocycles. The molecule has 0 saturated heterocycles. The molecule has 0 bridgehead atoms. The molecule has 0 aliphatic rings. The van der Waals surface area contributed by atoms with Crippen LogP contribution in [-0.2, 0) is 4.79 Å². The first-order valence-electron chi connectivity index (χ1n) is 14.8. The Morgan fingerprint density at radius 1 is 0.469 bits per heavy atom. The predicted octanol–water partition coefficient (Wildman–Crippen LogP) is 10.0. The standard InChI is InChI=1S/C30H59O2/c1-2-3-4-5-6-7-8-9-10-11-12-13-14-15-16-17-18-19-20-21-22-23-24-25-26-27-30(32)28-29-31/h30,32H,2-28H2,1H3. The highest BCUT2D eigenvalue weighted by molar-refractivity contribution is 5.51. The van der Waals surface area contributed by atoms with E-state index in [1.54, 1.807) is 6.29 Å². The summed E-state index contributed by atoms with van der Waals surface area (Å²) in [6.45, 7) is 2.30. The molecule has 0 aliphatic heterocycles. The van der Waals surface area contributed by atoms with E-state index in [4.69, 9.17) is 0 Å². The quantitative estimate of drug-likeness (QED) is 0.120. The van der Waals surface area contributed by atoms with E-state index in [-0.39, 0.29) is 6.42 Å². The van der Waals surface area contributed by atoms with Crippen molar-refractivity contribution < 1.29 is 9.90 Å². The summed E-state index contributed by atoms with van der Waals surface area (Å²) in [6.07, 6.45) is 37.4. The molecule has 0 aliphatic carbocycles. The number of rotatable bonds is 28. The Balaban J connectivity index is 3.03.